The first-order valence-corrected chi connectivity index (χ1v) is 18.2. The van der Waals surface area contributed by atoms with Gasteiger partial charge >= 0.3 is 17.9 Å². The highest BCUT2D eigenvalue weighted by Crippen LogP contribution is 2.13. The maximum absolute atomic E-state index is 13.5. The third kappa shape index (κ3) is 18.5. The van der Waals surface area contributed by atoms with E-state index >= 15 is 0 Å². The number of aliphatic hydroxyl groups excluding tert-OH is 1. The van der Waals surface area contributed by atoms with E-state index in [4.69, 9.17) is 5.73 Å². The first kappa shape index (κ1) is 49.5. The third-order valence-corrected chi connectivity index (χ3v) is 8.49. The molecule has 0 aromatic rings. The second-order valence-electron chi connectivity index (χ2n) is 13.8. The molecule has 0 aromatic carbocycles. The summed E-state index contributed by atoms with van der Waals surface area (Å²) in [5, 5.41) is 52.1. The minimum Gasteiger partial charge on any atom is -0.481 e. The van der Waals surface area contributed by atoms with Crippen LogP contribution in [0.1, 0.15) is 80.1 Å². The van der Waals surface area contributed by atoms with Crippen LogP contribution in [0.4, 0.5) is 0 Å². The lowest BCUT2D eigenvalue weighted by Crippen LogP contribution is -2.61. The Morgan fingerprint density at radius 2 is 1.04 bits per heavy atom. The molecule has 0 aliphatic carbocycles. The summed E-state index contributed by atoms with van der Waals surface area (Å²) in [5.74, 6) is -11.2. The van der Waals surface area contributed by atoms with Gasteiger partial charge in [-0.2, -0.15) is 12.6 Å². The SMILES string of the molecule is CCC(C)C(NC(=O)C(CC(=O)O)NC(=O)C(CCC(=O)O)NC(=O)C(CC(C)C)NC(=O)C(CO)NC(=O)C(N)CS)C(=O)NC(CC(C)C)C(=O)O. The summed E-state index contributed by atoms with van der Waals surface area (Å²) in [4.78, 5) is 114. The van der Waals surface area contributed by atoms with Crippen LogP contribution in [0.25, 0.3) is 0 Å². The fourth-order valence-electron chi connectivity index (χ4n) is 4.91. The smallest absolute Gasteiger partial charge is 0.326 e. The summed E-state index contributed by atoms with van der Waals surface area (Å²) < 4.78 is 0. The van der Waals surface area contributed by atoms with Gasteiger partial charge in [0, 0.05) is 12.2 Å². The number of aliphatic hydroxyl groups is 1. The Balaban J connectivity index is 6.35. The molecule has 0 radical (unpaired) electrons. The predicted octanol–water partition coefficient (Wildman–Crippen LogP) is -2.29. The first-order valence-electron chi connectivity index (χ1n) is 17.5. The van der Waals surface area contributed by atoms with Gasteiger partial charge in [-0.3, -0.25) is 38.4 Å². The van der Waals surface area contributed by atoms with E-state index in [1.165, 1.54) is 0 Å². The largest absolute Gasteiger partial charge is 0.481 e. The van der Waals surface area contributed by atoms with Gasteiger partial charge in [0.25, 0.3) is 0 Å². The maximum atomic E-state index is 13.5. The zero-order chi connectivity index (χ0) is 41.9. The average Bonchev–Trinajstić information content (AvgIpc) is 3.08. The molecule has 0 rings (SSSR count). The second-order valence-corrected chi connectivity index (χ2v) is 14.1. The van der Waals surface area contributed by atoms with E-state index in [1.807, 2.05) is 0 Å². The fourth-order valence-corrected chi connectivity index (χ4v) is 5.07. The molecular formula is C33H57N7O13S. The number of amides is 6. The van der Waals surface area contributed by atoms with Gasteiger partial charge in [-0.1, -0.05) is 48.0 Å². The van der Waals surface area contributed by atoms with Crippen molar-refractivity contribution in [3.63, 3.8) is 0 Å². The highest BCUT2D eigenvalue weighted by Gasteiger charge is 2.36. The molecule has 0 aliphatic heterocycles. The summed E-state index contributed by atoms with van der Waals surface area (Å²) in [5.41, 5.74) is 5.60. The van der Waals surface area contributed by atoms with E-state index in [2.05, 4.69) is 44.5 Å². The molecule has 0 aliphatic rings. The summed E-state index contributed by atoms with van der Waals surface area (Å²) in [6.07, 6.45) is -1.85. The van der Waals surface area contributed by atoms with E-state index in [1.54, 1.807) is 41.5 Å². The number of rotatable bonds is 26. The van der Waals surface area contributed by atoms with Crippen molar-refractivity contribution in [2.75, 3.05) is 12.4 Å². The topological polar surface area (TPSA) is 333 Å². The molecule has 0 saturated carbocycles. The first-order chi connectivity index (χ1) is 25.1. The van der Waals surface area contributed by atoms with Crippen LogP contribution in [0.15, 0.2) is 0 Å². The number of carboxylic acids is 3. The quantitative estimate of drug-likeness (QED) is 0.0411. The zero-order valence-corrected chi connectivity index (χ0v) is 32.3. The molecule has 21 heteroatoms. The van der Waals surface area contributed by atoms with Gasteiger partial charge in [-0.25, -0.2) is 4.79 Å². The Bertz CT molecular complexity index is 1330. The molecule has 8 unspecified atom stereocenters. The van der Waals surface area contributed by atoms with Crippen LogP contribution >= 0.6 is 12.6 Å². The van der Waals surface area contributed by atoms with Gasteiger partial charge in [0.1, 0.15) is 36.3 Å². The lowest BCUT2D eigenvalue weighted by Gasteiger charge is -2.29. The Kier molecular flexibility index (Phi) is 22.7. The molecule has 0 spiro atoms. The van der Waals surface area contributed by atoms with Crippen molar-refractivity contribution in [1.82, 2.24) is 31.9 Å². The van der Waals surface area contributed by atoms with Gasteiger partial charge in [0.2, 0.25) is 35.4 Å². The van der Waals surface area contributed by atoms with Gasteiger partial charge in [-0.15, -0.1) is 0 Å². The molecule has 0 heterocycles. The lowest BCUT2D eigenvalue weighted by atomic mass is 9.96. The van der Waals surface area contributed by atoms with Crippen molar-refractivity contribution in [3.8, 4) is 0 Å². The third-order valence-electron chi connectivity index (χ3n) is 8.10. The number of carbonyl (C=O) groups is 9. The van der Waals surface area contributed by atoms with Crippen LogP contribution in [-0.2, 0) is 43.2 Å². The molecule has 54 heavy (non-hydrogen) atoms. The summed E-state index contributed by atoms with van der Waals surface area (Å²) in [6.45, 7) is 9.31. The number of nitrogens with one attached hydrogen (secondary N) is 6. The predicted molar refractivity (Wildman–Crippen MR) is 196 cm³/mol. The number of hydrogen-bond acceptors (Lipinski definition) is 12. The van der Waals surface area contributed by atoms with E-state index in [0.717, 1.165) is 0 Å². The Morgan fingerprint density at radius 3 is 1.50 bits per heavy atom. The Hall–Kier alpha value is -4.50. The fraction of sp³-hybridized carbons (Fsp3) is 0.727. The summed E-state index contributed by atoms with van der Waals surface area (Å²) in [6, 6.07) is -10.2. The lowest BCUT2D eigenvalue weighted by molar-refractivity contribution is -0.144. The molecule has 6 amide bonds. The van der Waals surface area contributed by atoms with Crippen molar-refractivity contribution >= 4 is 66.0 Å². The van der Waals surface area contributed by atoms with Crippen LogP contribution in [0.5, 0.6) is 0 Å². The van der Waals surface area contributed by atoms with Gasteiger partial charge in [0.05, 0.1) is 19.1 Å². The van der Waals surface area contributed by atoms with Crippen LogP contribution in [0, 0.1) is 17.8 Å². The van der Waals surface area contributed by atoms with Crippen LogP contribution in [-0.4, -0.2) is 128 Å². The van der Waals surface area contributed by atoms with E-state index < -0.39 is 127 Å². The molecule has 0 fully saturated rings. The van der Waals surface area contributed by atoms with Crippen molar-refractivity contribution in [3.05, 3.63) is 0 Å². The van der Waals surface area contributed by atoms with Crippen molar-refractivity contribution < 1.29 is 63.6 Å². The molecule has 8 atom stereocenters. The monoisotopic (exact) mass is 791 g/mol. The normalized spacial score (nSPS) is 15.6. The number of hydrogen-bond donors (Lipinski definition) is 12. The van der Waals surface area contributed by atoms with Crippen molar-refractivity contribution in [2.45, 2.75) is 122 Å². The highest BCUT2D eigenvalue weighted by molar-refractivity contribution is 7.80. The number of carboxylic acid groups (broad SMARTS) is 3. The number of nitrogens with two attached hydrogens (primary N) is 1. The highest BCUT2D eigenvalue weighted by atomic mass is 32.1. The van der Waals surface area contributed by atoms with Gasteiger partial charge in [0.15, 0.2) is 0 Å². The molecule has 20 nitrogen and oxygen atoms in total. The number of aliphatic carboxylic acids is 3. The Morgan fingerprint density at radius 1 is 0.593 bits per heavy atom. The summed E-state index contributed by atoms with van der Waals surface area (Å²) in [7, 11) is 0. The van der Waals surface area contributed by atoms with Crippen LogP contribution in [0.2, 0.25) is 0 Å². The molecule has 0 aromatic heterocycles. The van der Waals surface area contributed by atoms with E-state index in [9.17, 15) is 63.6 Å². The molecule has 308 valence electrons. The molecule has 0 saturated heterocycles. The van der Waals surface area contributed by atoms with Crippen molar-refractivity contribution in [1.29, 1.82) is 0 Å². The van der Waals surface area contributed by atoms with Gasteiger partial charge < -0.3 is 58.1 Å². The van der Waals surface area contributed by atoms with Gasteiger partial charge in [-0.05, 0) is 37.0 Å². The van der Waals surface area contributed by atoms with Crippen LogP contribution in [0.3, 0.4) is 0 Å². The van der Waals surface area contributed by atoms with Crippen molar-refractivity contribution in [2.24, 2.45) is 23.5 Å². The number of carbonyl (C=O) groups excluding carboxylic acids is 6. The van der Waals surface area contributed by atoms with E-state index in [0.29, 0.717) is 6.42 Å². The van der Waals surface area contributed by atoms with Crippen LogP contribution < -0.4 is 37.6 Å². The minimum absolute atomic E-state index is 0.0316. The molecule has 12 N–H and O–H groups in total. The zero-order valence-electron chi connectivity index (χ0n) is 31.4. The van der Waals surface area contributed by atoms with E-state index in [-0.39, 0.29) is 30.4 Å². The average molecular weight is 792 g/mol. The number of thiol groups is 1. The molecule has 0 bridgehead atoms. The summed E-state index contributed by atoms with van der Waals surface area (Å²) >= 11 is 3.91. The standard InChI is InChI=1S/C33H57N7O13S/c1-7-17(6)26(32(51)38-22(33(52)53)11-16(4)5)40-30(49)21(12-25(44)45)37-28(47)19(8-9-24(42)43)35-29(48)20(10-15(2)3)36-31(50)23(13-41)39-27(46)18(34)14-54/h15-23,26,41,54H,7-14,34H2,1-6H3,(H,35,48)(H,36,50)(H,37,47)(H,38,51)(H,39,46)(H,40,49)(H,42,43)(H,44,45)(H,52,53). The second kappa shape index (κ2) is 24.7. The maximum Gasteiger partial charge on any atom is 0.326 e. The minimum atomic E-state index is -1.85. The Labute approximate surface area is 319 Å². The molecular weight excluding hydrogens is 734 g/mol.